The zero-order valence-corrected chi connectivity index (χ0v) is 15.2. The standard InChI is InChI=1S/C19H18N4O5.CH4/c1-20-15-5-3-2-4-14(15)16(17(19(20)25)23(26)27)21-7-9-22(10-8-21)18(24)13-6-11-28-12-13;/h2-6,11-12H,7-10H2,1H3;1H4. The Hall–Kier alpha value is -3.62. The van der Waals surface area contributed by atoms with Gasteiger partial charge in [-0.1, -0.05) is 25.6 Å². The normalized spacial score (nSPS) is 14.0. The van der Waals surface area contributed by atoms with E-state index in [0.29, 0.717) is 48.3 Å². The summed E-state index contributed by atoms with van der Waals surface area (Å²) < 4.78 is 6.26. The van der Waals surface area contributed by atoms with Crippen molar-refractivity contribution in [3.63, 3.8) is 0 Å². The molecule has 152 valence electrons. The first kappa shape index (κ1) is 20.1. The van der Waals surface area contributed by atoms with Gasteiger partial charge >= 0.3 is 11.2 Å². The lowest BCUT2D eigenvalue weighted by Crippen LogP contribution is -2.49. The molecule has 0 aliphatic carbocycles. The first-order valence-corrected chi connectivity index (χ1v) is 8.81. The number of aryl methyl sites for hydroxylation is 1. The third-order valence-corrected chi connectivity index (χ3v) is 5.09. The Labute approximate surface area is 166 Å². The van der Waals surface area contributed by atoms with Crippen molar-refractivity contribution < 1.29 is 14.1 Å². The van der Waals surface area contributed by atoms with Crippen LogP contribution < -0.4 is 10.5 Å². The maximum atomic E-state index is 12.6. The van der Waals surface area contributed by atoms with Crippen LogP contribution in [0.2, 0.25) is 0 Å². The summed E-state index contributed by atoms with van der Waals surface area (Å²) in [6.07, 6.45) is 2.84. The number of aromatic nitrogens is 1. The van der Waals surface area contributed by atoms with Crippen LogP contribution >= 0.6 is 0 Å². The van der Waals surface area contributed by atoms with E-state index in [4.69, 9.17) is 4.42 Å². The highest BCUT2D eigenvalue weighted by atomic mass is 16.6. The van der Waals surface area contributed by atoms with Crippen molar-refractivity contribution >= 4 is 28.2 Å². The van der Waals surface area contributed by atoms with Gasteiger partial charge in [-0.05, 0) is 12.1 Å². The van der Waals surface area contributed by atoms with Gasteiger partial charge in [0.05, 0.1) is 22.3 Å². The van der Waals surface area contributed by atoms with Gasteiger partial charge in [-0.25, -0.2) is 0 Å². The minimum absolute atomic E-state index is 0. The lowest BCUT2D eigenvalue weighted by Gasteiger charge is -2.36. The topological polar surface area (TPSA) is 102 Å². The summed E-state index contributed by atoms with van der Waals surface area (Å²) >= 11 is 0. The molecule has 0 bridgehead atoms. The maximum Gasteiger partial charge on any atom is 0.357 e. The van der Waals surface area contributed by atoms with E-state index in [0.717, 1.165) is 0 Å². The molecule has 3 heterocycles. The van der Waals surface area contributed by atoms with Gasteiger partial charge in [-0.2, -0.15) is 0 Å². The van der Waals surface area contributed by atoms with E-state index in [2.05, 4.69) is 0 Å². The van der Waals surface area contributed by atoms with Gasteiger partial charge in [0.15, 0.2) is 0 Å². The van der Waals surface area contributed by atoms with Crippen LogP contribution in [0.5, 0.6) is 0 Å². The number of carbonyl (C=O) groups is 1. The number of amides is 1. The van der Waals surface area contributed by atoms with E-state index in [9.17, 15) is 19.7 Å². The summed E-state index contributed by atoms with van der Waals surface area (Å²) in [5.41, 5.74) is 0.342. The van der Waals surface area contributed by atoms with Gasteiger partial charge in [0.1, 0.15) is 12.0 Å². The van der Waals surface area contributed by atoms with Gasteiger partial charge in [0.2, 0.25) is 0 Å². The van der Waals surface area contributed by atoms with Crippen LogP contribution in [0, 0.1) is 10.1 Å². The second-order valence-corrected chi connectivity index (χ2v) is 6.63. The van der Waals surface area contributed by atoms with E-state index >= 15 is 0 Å². The number of nitro groups is 1. The molecule has 1 aromatic carbocycles. The number of benzene rings is 1. The van der Waals surface area contributed by atoms with Crippen molar-refractivity contribution in [3.05, 3.63) is 68.9 Å². The SMILES string of the molecule is C.Cn1c(=O)c([N+](=O)[O-])c(N2CCN(C(=O)c3ccoc3)CC2)c2ccccc21. The largest absolute Gasteiger partial charge is 0.472 e. The van der Waals surface area contributed by atoms with Crippen molar-refractivity contribution in [2.45, 2.75) is 7.43 Å². The summed E-state index contributed by atoms with van der Waals surface area (Å²) in [6.45, 7) is 1.57. The molecule has 1 saturated heterocycles. The minimum atomic E-state index is -0.643. The number of furan rings is 1. The third-order valence-electron chi connectivity index (χ3n) is 5.09. The van der Waals surface area contributed by atoms with Crippen LogP contribution in [0.4, 0.5) is 11.4 Å². The highest BCUT2D eigenvalue weighted by Gasteiger charge is 2.31. The Morgan fingerprint density at radius 3 is 2.45 bits per heavy atom. The molecule has 4 rings (SSSR count). The fourth-order valence-electron chi connectivity index (χ4n) is 3.65. The van der Waals surface area contributed by atoms with Crippen LogP contribution in [0.1, 0.15) is 17.8 Å². The average molecular weight is 398 g/mol. The first-order valence-electron chi connectivity index (χ1n) is 8.81. The van der Waals surface area contributed by atoms with Crippen LogP contribution in [0.25, 0.3) is 10.9 Å². The number of rotatable bonds is 3. The number of hydrogen-bond acceptors (Lipinski definition) is 6. The number of carbonyl (C=O) groups excluding carboxylic acids is 1. The molecule has 1 aliphatic heterocycles. The lowest BCUT2D eigenvalue weighted by molar-refractivity contribution is -0.385. The molecular formula is C20H22N4O5. The molecule has 29 heavy (non-hydrogen) atoms. The molecule has 3 aromatic rings. The van der Waals surface area contributed by atoms with E-state index in [-0.39, 0.29) is 13.3 Å². The molecule has 9 nitrogen and oxygen atoms in total. The summed E-state index contributed by atoms with van der Waals surface area (Å²) in [5.74, 6) is -0.142. The summed E-state index contributed by atoms with van der Waals surface area (Å²) in [5, 5.41) is 12.3. The maximum absolute atomic E-state index is 12.6. The molecule has 9 heteroatoms. The number of anilines is 1. The number of piperazine rings is 1. The number of para-hydroxylation sites is 1. The quantitative estimate of drug-likeness (QED) is 0.496. The third kappa shape index (κ3) is 3.35. The highest BCUT2D eigenvalue weighted by Crippen LogP contribution is 2.33. The molecule has 1 amide bonds. The Morgan fingerprint density at radius 1 is 1.14 bits per heavy atom. The van der Waals surface area contributed by atoms with Crippen molar-refractivity contribution in [1.29, 1.82) is 0 Å². The molecule has 1 fully saturated rings. The van der Waals surface area contributed by atoms with Crippen molar-refractivity contribution in [2.75, 3.05) is 31.1 Å². The number of fused-ring (bicyclic) bond motifs is 1. The summed E-state index contributed by atoms with van der Waals surface area (Å²) in [7, 11) is 1.53. The van der Waals surface area contributed by atoms with Crippen molar-refractivity contribution in [1.82, 2.24) is 9.47 Å². The van der Waals surface area contributed by atoms with Crippen LogP contribution in [0.15, 0.2) is 52.1 Å². The van der Waals surface area contributed by atoms with E-state index in [1.807, 2.05) is 4.90 Å². The minimum Gasteiger partial charge on any atom is -0.472 e. The van der Waals surface area contributed by atoms with Gasteiger partial charge in [-0.15, -0.1) is 0 Å². The van der Waals surface area contributed by atoms with Gasteiger partial charge in [-0.3, -0.25) is 19.7 Å². The Kier molecular flexibility index (Phi) is 5.40. The van der Waals surface area contributed by atoms with Crippen LogP contribution in [0.3, 0.4) is 0 Å². The molecule has 0 unspecified atom stereocenters. The Balaban J connectivity index is 0.00000240. The predicted molar refractivity (Wildman–Crippen MR) is 109 cm³/mol. The monoisotopic (exact) mass is 398 g/mol. The van der Waals surface area contributed by atoms with E-state index < -0.39 is 16.2 Å². The van der Waals surface area contributed by atoms with E-state index in [1.54, 1.807) is 35.2 Å². The smallest absolute Gasteiger partial charge is 0.357 e. The molecule has 0 N–H and O–H groups in total. The van der Waals surface area contributed by atoms with Gasteiger partial charge in [0, 0.05) is 38.6 Å². The average Bonchev–Trinajstić information content (AvgIpc) is 3.25. The number of pyridine rings is 1. The fourth-order valence-corrected chi connectivity index (χ4v) is 3.65. The first-order chi connectivity index (χ1) is 13.5. The molecule has 0 spiro atoms. The molecule has 1 aliphatic rings. The fraction of sp³-hybridized carbons (Fsp3) is 0.300. The highest BCUT2D eigenvalue weighted by molar-refractivity contribution is 5.97. The number of hydrogen-bond donors (Lipinski definition) is 0. The zero-order valence-electron chi connectivity index (χ0n) is 15.2. The lowest BCUT2D eigenvalue weighted by atomic mass is 10.1. The van der Waals surface area contributed by atoms with Gasteiger partial charge in [0.25, 0.3) is 5.91 Å². The molecule has 0 radical (unpaired) electrons. The van der Waals surface area contributed by atoms with Gasteiger partial charge < -0.3 is 18.8 Å². The number of nitrogens with zero attached hydrogens (tertiary/aromatic N) is 4. The second-order valence-electron chi connectivity index (χ2n) is 6.63. The summed E-state index contributed by atoms with van der Waals surface area (Å²) in [4.78, 5) is 39.7. The predicted octanol–water partition coefficient (Wildman–Crippen LogP) is 2.64. The summed E-state index contributed by atoms with van der Waals surface area (Å²) in [6, 6.07) is 8.73. The Bertz CT molecular complexity index is 1110. The van der Waals surface area contributed by atoms with E-state index in [1.165, 1.54) is 24.1 Å². The zero-order chi connectivity index (χ0) is 19.8. The Morgan fingerprint density at radius 2 is 1.83 bits per heavy atom. The van der Waals surface area contributed by atoms with Crippen LogP contribution in [-0.2, 0) is 7.05 Å². The second kappa shape index (κ2) is 7.78. The van der Waals surface area contributed by atoms with Crippen molar-refractivity contribution in [2.24, 2.45) is 7.05 Å². The molecule has 2 aromatic heterocycles. The molecule has 0 atom stereocenters. The van der Waals surface area contributed by atoms with Crippen LogP contribution in [-0.4, -0.2) is 46.5 Å². The molecular weight excluding hydrogens is 376 g/mol. The molecule has 0 saturated carbocycles. The van der Waals surface area contributed by atoms with Crippen molar-refractivity contribution in [3.8, 4) is 0 Å².